The minimum absolute atomic E-state index is 0.657. The lowest BCUT2D eigenvalue weighted by Crippen LogP contribution is -2.02. The fourth-order valence-electron chi connectivity index (χ4n) is 1.78. The van der Waals surface area contributed by atoms with Crippen LogP contribution in [0.3, 0.4) is 0 Å². The van der Waals surface area contributed by atoms with Crippen LogP contribution >= 0.6 is 0 Å². The summed E-state index contributed by atoms with van der Waals surface area (Å²) in [7, 11) is 0. The molecule has 1 heterocycles. The zero-order valence-electron chi connectivity index (χ0n) is 10.6. The van der Waals surface area contributed by atoms with Gasteiger partial charge >= 0.3 is 0 Å². The molecule has 0 radical (unpaired) electrons. The molecule has 0 bridgehead atoms. The predicted molar refractivity (Wildman–Crippen MR) is 73.6 cm³/mol. The molecule has 0 atom stereocenters. The lowest BCUT2D eigenvalue weighted by atomic mass is 10.2. The van der Waals surface area contributed by atoms with E-state index in [4.69, 9.17) is 10.5 Å². The minimum Gasteiger partial charge on any atom is -0.491 e. The second-order valence-electron chi connectivity index (χ2n) is 4.31. The van der Waals surface area contributed by atoms with Gasteiger partial charge in [-0.2, -0.15) is 0 Å². The summed E-state index contributed by atoms with van der Waals surface area (Å²) in [5, 5.41) is 0. The fourth-order valence-corrected chi connectivity index (χ4v) is 1.78. The maximum atomic E-state index is 5.88. The van der Waals surface area contributed by atoms with E-state index in [2.05, 4.69) is 4.98 Å². The number of pyridine rings is 1. The Morgan fingerprint density at radius 2 is 2.11 bits per heavy atom. The summed E-state index contributed by atoms with van der Waals surface area (Å²) in [5.41, 5.74) is 8.82. The number of nitrogen functional groups attached to an aromatic ring is 1. The number of nitrogens with zero attached hydrogens (tertiary/aromatic N) is 1. The number of anilines is 1. The molecular weight excluding hydrogens is 224 g/mol. The van der Waals surface area contributed by atoms with Gasteiger partial charge in [-0.15, -0.1) is 0 Å². The number of aryl methyl sites for hydroxylation is 2. The molecule has 0 aliphatic heterocycles. The molecule has 2 N–H and O–H groups in total. The number of benzene rings is 1. The highest BCUT2D eigenvalue weighted by Crippen LogP contribution is 2.22. The quantitative estimate of drug-likeness (QED) is 0.647. The van der Waals surface area contributed by atoms with Crippen molar-refractivity contribution in [1.29, 1.82) is 0 Å². The molecule has 2 aromatic rings. The van der Waals surface area contributed by atoms with E-state index >= 15 is 0 Å². The second-order valence-corrected chi connectivity index (χ2v) is 4.31. The molecule has 0 unspecified atom stereocenters. The van der Waals surface area contributed by atoms with Gasteiger partial charge in [-0.1, -0.05) is 12.1 Å². The molecule has 18 heavy (non-hydrogen) atoms. The average molecular weight is 242 g/mol. The highest BCUT2D eigenvalue weighted by molar-refractivity contribution is 5.53. The predicted octanol–water partition coefficient (Wildman–Crippen LogP) is 2.98. The largest absolute Gasteiger partial charge is 0.491 e. The van der Waals surface area contributed by atoms with Crippen molar-refractivity contribution in [2.45, 2.75) is 19.8 Å². The van der Waals surface area contributed by atoms with Crippen molar-refractivity contribution in [2.75, 3.05) is 12.3 Å². The van der Waals surface area contributed by atoms with Gasteiger partial charge in [0.05, 0.1) is 12.3 Å². The Balaban J connectivity index is 1.79. The average Bonchev–Trinajstić information content (AvgIpc) is 2.38. The summed E-state index contributed by atoms with van der Waals surface area (Å²) < 4.78 is 5.66. The van der Waals surface area contributed by atoms with Crippen molar-refractivity contribution in [2.24, 2.45) is 0 Å². The first-order chi connectivity index (χ1) is 8.75. The smallest absolute Gasteiger partial charge is 0.142 e. The molecule has 0 aliphatic rings. The molecule has 3 nitrogen and oxygen atoms in total. The van der Waals surface area contributed by atoms with E-state index in [9.17, 15) is 0 Å². The Morgan fingerprint density at radius 1 is 1.22 bits per heavy atom. The van der Waals surface area contributed by atoms with Gasteiger partial charge in [0.1, 0.15) is 5.75 Å². The van der Waals surface area contributed by atoms with E-state index in [0.29, 0.717) is 12.3 Å². The monoisotopic (exact) mass is 242 g/mol. The number of hydrogen-bond donors (Lipinski definition) is 1. The van der Waals surface area contributed by atoms with Crippen LogP contribution in [0.1, 0.15) is 17.7 Å². The van der Waals surface area contributed by atoms with Gasteiger partial charge in [0.2, 0.25) is 0 Å². The van der Waals surface area contributed by atoms with Crippen molar-refractivity contribution >= 4 is 5.69 Å². The Morgan fingerprint density at radius 3 is 2.83 bits per heavy atom. The lowest BCUT2D eigenvalue weighted by Gasteiger charge is -2.09. The molecule has 0 spiro atoms. The van der Waals surface area contributed by atoms with Crippen LogP contribution in [0.2, 0.25) is 0 Å². The summed E-state index contributed by atoms with van der Waals surface area (Å²) in [5.74, 6) is 0.765. The first-order valence-electron chi connectivity index (χ1n) is 6.14. The number of rotatable bonds is 5. The highest BCUT2D eigenvalue weighted by atomic mass is 16.5. The first-order valence-corrected chi connectivity index (χ1v) is 6.14. The Labute approximate surface area is 108 Å². The van der Waals surface area contributed by atoms with Gasteiger partial charge in [0, 0.05) is 11.9 Å². The maximum Gasteiger partial charge on any atom is 0.142 e. The van der Waals surface area contributed by atoms with Crippen molar-refractivity contribution < 1.29 is 4.74 Å². The summed E-state index contributed by atoms with van der Waals surface area (Å²) in [6.07, 6.45) is 3.67. The molecule has 0 amide bonds. The fraction of sp³-hybridized carbons (Fsp3) is 0.267. The van der Waals surface area contributed by atoms with Crippen LogP contribution in [-0.2, 0) is 6.42 Å². The topological polar surface area (TPSA) is 48.1 Å². The number of nitrogens with two attached hydrogens (primary N) is 1. The van der Waals surface area contributed by atoms with E-state index in [1.54, 1.807) is 0 Å². The maximum absolute atomic E-state index is 5.88. The van der Waals surface area contributed by atoms with Gasteiger partial charge < -0.3 is 10.5 Å². The molecule has 94 valence electrons. The third-order valence-electron chi connectivity index (χ3n) is 2.73. The summed E-state index contributed by atoms with van der Waals surface area (Å²) in [6, 6.07) is 11.8. The van der Waals surface area contributed by atoms with Gasteiger partial charge in [0.25, 0.3) is 0 Å². The van der Waals surface area contributed by atoms with E-state index in [0.717, 1.165) is 29.8 Å². The van der Waals surface area contributed by atoms with E-state index in [1.165, 1.54) is 0 Å². The summed E-state index contributed by atoms with van der Waals surface area (Å²) >= 11 is 0. The third kappa shape index (κ3) is 3.48. The Kier molecular flexibility index (Phi) is 4.18. The first kappa shape index (κ1) is 12.4. The lowest BCUT2D eigenvalue weighted by molar-refractivity contribution is 0.312. The standard InChI is InChI=1S/C15H18N2O/c1-12-7-8-15(14(16)11-12)18-10-4-6-13-5-2-3-9-17-13/h2-3,5,7-9,11H,4,6,10,16H2,1H3. The van der Waals surface area contributed by atoms with Gasteiger partial charge in [0.15, 0.2) is 0 Å². The SMILES string of the molecule is Cc1ccc(OCCCc2ccccn2)c(N)c1. The number of hydrogen-bond acceptors (Lipinski definition) is 3. The molecule has 2 rings (SSSR count). The normalized spacial score (nSPS) is 10.3. The van der Waals surface area contributed by atoms with Crippen molar-refractivity contribution in [3.8, 4) is 5.75 Å². The highest BCUT2D eigenvalue weighted by Gasteiger charge is 2.00. The Bertz CT molecular complexity index is 497. The van der Waals surface area contributed by atoms with Crippen LogP contribution in [0.25, 0.3) is 0 Å². The Hall–Kier alpha value is -2.03. The van der Waals surface area contributed by atoms with E-state index < -0.39 is 0 Å². The van der Waals surface area contributed by atoms with E-state index in [1.807, 2.05) is 49.5 Å². The molecule has 1 aromatic carbocycles. The molecule has 0 saturated heterocycles. The third-order valence-corrected chi connectivity index (χ3v) is 2.73. The van der Waals surface area contributed by atoms with Crippen LogP contribution in [0.4, 0.5) is 5.69 Å². The van der Waals surface area contributed by atoms with Crippen LogP contribution in [0.5, 0.6) is 5.75 Å². The molecule has 3 heteroatoms. The van der Waals surface area contributed by atoms with Crippen LogP contribution < -0.4 is 10.5 Å². The number of ether oxygens (including phenoxy) is 1. The zero-order chi connectivity index (χ0) is 12.8. The van der Waals surface area contributed by atoms with Crippen molar-refractivity contribution in [1.82, 2.24) is 4.98 Å². The summed E-state index contributed by atoms with van der Waals surface area (Å²) in [4.78, 5) is 4.27. The van der Waals surface area contributed by atoms with Crippen LogP contribution in [0, 0.1) is 6.92 Å². The van der Waals surface area contributed by atoms with E-state index in [-0.39, 0.29) is 0 Å². The van der Waals surface area contributed by atoms with Gasteiger partial charge in [-0.05, 0) is 49.6 Å². The molecule has 0 saturated carbocycles. The second kappa shape index (κ2) is 6.05. The molecule has 0 aliphatic carbocycles. The summed E-state index contributed by atoms with van der Waals surface area (Å²) in [6.45, 7) is 2.67. The van der Waals surface area contributed by atoms with Crippen LogP contribution in [0.15, 0.2) is 42.6 Å². The van der Waals surface area contributed by atoms with Gasteiger partial charge in [-0.25, -0.2) is 0 Å². The minimum atomic E-state index is 0.657. The van der Waals surface area contributed by atoms with Gasteiger partial charge in [-0.3, -0.25) is 4.98 Å². The molecule has 0 fully saturated rings. The molecule has 1 aromatic heterocycles. The molecular formula is C15H18N2O. The number of aromatic nitrogens is 1. The van der Waals surface area contributed by atoms with Crippen molar-refractivity contribution in [3.63, 3.8) is 0 Å². The van der Waals surface area contributed by atoms with Crippen LogP contribution in [-0.4, -0.2) is 11.6 Å². The zero-order valence-corrected chi connectivity index (χ0v) is 10.6. The van der Waals surface area contributed by atoms with Crippen molar-refractivity contribution in [3.05, 3.63) is 53.9 Å².